The lowest BCUT2D eigenvalue weighted by Gasteiger charge is -2.12. The Morgan fingerprint density at radius 2 is 1.26 bits per heavy atom. The summed E-state index contributed by atoms with van der Waals surface area (Å²) in [5, 5.41) is 17.0. The zero-order valence-corrected chi connectivity index (χ0v) is 30.3. The summed E-state index contributed by atoms with van der Waals surface area (Å²) in [6.07, 6.45) is 4.90. The van der Waals surface area contributed by atoms with E-state index in [1.807, 2.05) is 111 Å². The number of rotatable bonds is 15. The molecule has 10 nitrogen and oxygen atoms in total. The molecule has 4 aromatic rings. The second-order valence-corrected chi connectivity index (χ2v) is 12.7. The van der Waals surface area contributed by atoms with Crippen molar-refractivity contribution in [2.45, 2.75) is 33.1 Å². The highest BCUT2D eigenvalue weighted by Gasteiger charge is 2.28. The summed E-state index contributed by atoms with van der Waals surface area (Å²) in [5.41, 5.74) is 23.0. The number of hydrogen-bond acceptors (Lipinski definition) is 8. The number of carbonyl (C=O) groups excluding carboxylic acids is 2. The first-order valence-corrected chi connectivity index (χ1v) is 17.4. The molecule has 0 saturated carbocycles. The number of ether oxygens (including phenoxy) is 2. The molecule has 4 aromatic carbocycles. The summed E-state index contributed by atoms with van der Waals surface area (Å²) in [6.45, 7) is 8.13. The number of benzene rings is 4. The van der Waals surface area contributed by atoms with E-state index in [4.69, 9.17) is 31.5 Å². The average molecular weight is 729 g/mol. The minimum atomic E-state index is -0.389. The highest BCUT2D eigenvalue weighted by molar-refractivity contribution is 6.10. The van der Waals surface area contributed by atoms with Gasteiger partial charge in [-0.15, -0.1) is 0 Å². The van der Waals surface area contributed by atoms with Crippen LogP contribution >= 0.6 is 0 Å². The van der Waals surface area contributed by atoms with Crippen LogP contribution in [0.5, 0.6) is 11.5 Å². The summed E-state index contributed by atoms with van der Waals surface area (Å²) in [5.74, 6) is 0.787. The molecule has 0 radical (unpaired) electrons. The van der Waals surface area contributed by atoms with Crippen LogP contribution in [0.2, 0.25) is 0 Å². The predicted octanol–water partition coefficient (Wildman–Crippen LogP) is 8.42. The van der Waals surface area contributed by atoms with E-state index in [2.05, 4.69) is 28.5 Å². The number of carbonyl (C=O) groups is 2. The van der Waals surface area contributed by atoms with E-state index in [0.717, 1.165) is 66.8 Å². The summed E-state index contributed by atoms with van der Waals surface area (Å²) in [7, 11) is 0. The SMILES string of the molecule is C=C(CCOc1ccc2c(c1)C(CC(N)=O)=C(C)/C2=C/c1ccccc1)OO.CC1=C(CC(N)=O)c2c(OCCOO)cccc2/C1=C\c1ccccc1. The Bertz CT molecular complexity index is 2130. The fourth-order valence-electron chi connectivity index (χ4n) is 6.52. The Kier molecular flexibility index (Phi) is 13.4. The molecule has 6 rings (SSSR count). The van der Waals surface area contributed by atoms with Crippen molar-refractivity contribution in [3.63, 3.8) is 0 Å². The highest BCUT2D eigenvalue weighted by atomic mass is 17.1. The van der Waals surface area contributed by atoms with Gasteiger partial charge >= 0.3 is 0 Å². The monoisotopic (exact) mass is 728 g/mol. The Labute approximate surface area is 314 Å². The second kappa shape index (κ2) is 18.5. The predicted molar refractivity (Wildman–Crippen MR) is 211 cm³/mol. The fourth-order valence-corrected chi connectivity index (χ4v) is 6.52. The number of amides is 2. The molecule has 54 heavy (non-hydrogen) atoms. The normalized spacial score (nSPS) is 14.4. The molecule has 0 fully saturated rings. The topological polar surface area (TPSA) is 164 Å². The van der Waals surface area contributed by atoms with E-state index < -0.39 is 0 Å². The smallest absolute Gasteiger partial charge is 0.221 e. The third-order valence-corrected chi connectivity index (χ3v) is 9.07. The van der Waals surface area contributed by atoms with Gasteiger partial charge in [-0.3, -0.25) is 14.8 Å². The Balaban J connectivity index is 0.000000208. The summed E-state index contributed by atoms with van der Waals surface area (Å²) >= 11 is 0. The Morgan fingerprint density at radius 3 is 1.85 bits per heavy atom. The number of fused-ring (bicyclic) bond motifs is 2. The molecule has 0 atom stereocenters. The van der Waals surface area contributed by atoms with Crippen molar-refractivity contribution in [2.75, 3.05) is 19.8 Å². The number of primary amides is 2. The van der Waals surface area contributed by atoms with Crippen LogP contribution in [-0.2, 0) is 19.4 Å². The first kappa shape index (κ1) is 39.0. The van der Waals surface area contributed by atoms with E-state index in [-0.39, 0.29) is 43.6 Å². The maximum absolute atomic E-state index is 11.6. The van der Waals surface area contributed by atoms with Crippen molar-refractivity contribution in [2.24, 2.45) is 11.5 Å². The highest BCUT2D eigenvalue weighted by Crippen LogP contribution is 2.48. The van der Waals surface area contributed by atoms with E-state index in [1.165, 1.54) is 0 Å². The molecule has 10 heteroatoms. The Hall–Kier alpha value is -6.20. The molecule has 2 aliphatic rings. The van der Waals surface area contributed by atoms with Gasteiger partial charge in [0.2, 0.25) is 11.8 Å². The van der Waals surface area contributed by atoms with E-state index in [9.17, 15) is 9.59 Å². The van der Waals surface area contributed by atoms with Crippen LogP contribution in [0.3, 0.4) is 0 Å². The fraction of sp³-hybridized carbons (Fsp3) is 0.182. The molecule has 0 heterocycles. The van der Waals surface area contributed by atoms with Crippen molar-refractivity contribution in [1.29, 1.82) is 0 Å². The van der Waals surface area contributed by atoms with Gasteiger partial charge in [0.1, 0.15) is 30.5 Å². The summed E-state index contributed by atoms with van der Waals surface area (Å²) < 4.78 is 11.5. The zero-order chi connectivity index (χ0) is 38.6. The zero-order valence-electron chi connectivity index (χ0n) is 30.3. The second-order valence-electron chi connectivity index (χ2n) is 12.7. The quantitative estimate of drug-likeness (QED) is 0.0410. The maximum atomic E-state index is 11.6. The average Bonchev–Trinajstić information content (AvgIpc) is 3.57. The summed E-state index contributed by atoms with van der Waals surface area (Å²) in [6, 6.07) is 31.6. The van der Waals surface area contributed by atoms with E-state index in [1.54, 1.807) is 0 Å². The first-order chi connectivity index (χ1) is 26.1. The van der Waals surface area contributed by atoms with Crippen LogP contribution in [0.25, 0.3) is 34.4 Å². The molecule has 0 spiro atoms. The largest absolute Gasteiger partial charge is 0.493 e. The molecule has 0 aromatic heterocycles. The molecule has 0 unspecified atom stereocenters. The van der Waals surface area contributed by atoms with Crippen LogP contribution in [0, 0.1) is 0 Å². The van der Waals surface area contributed by atoms with Gasteiger partial charge in [0.25, 0.3) is 0 Å². The molecular weight excluding hydrogens is 684 g/mol. The molecule has 0 saturated heterocycles. The lowest BCUT2D eigenvalue weighted by molar-refractivity contribution is -0.245. The molecule has 6 N–H and O–H groups in total. The standard InChI is InChI=1S/C23H23NO4.C21H21NO4/c1-15(28-26)10-11-27-18-8-9-19-20(12-17-6-4-3-5-7-17)16(2)21(14-23(24)25)22(19)13-18;1-14-17(12-15-6-3-2-4-7-15)16-8-5-9-19(25-10-11-26-24)21(16)18(14)13-20(22)23/h3-9,12-13,26H,1,10-11,14H2,2H3,(H2,24,25);2-9,12,24H,10-11,13H2,1H3,(H2,22,23)/b20-12-;17-12-. The Morgan fingerprint density at radius 1 is 0.667 bits per heavy atom. The van der Waals surface area contributed by atoms with Gasteiger partial charge in [-0.1, -0.05) is 85.4 Å². The minimum Gasteiger partial charge on any atom is -0.493 e. The van der Waals surface area contributed by atoms with Gasteiger partial charge in [0.05, 0.1) is 19.4 Å². The minimum absolute atomic E-state index is 0.0598. The van der Waals surface area contributed by atoms with Gasteiger partial charge in [0, 0.05) is 12.0 Å². The molecular formula is C44H44N2O8. The van der Waals surface area contributed by atoms with Crippen molar-refractivity contribution >= 4 is 46.3 Å². The van der Waals surface area contributed by atoms with E-state index >= 15 is 0 Å². The maximum Gasteiger partial charge on any atom is 0.221 e. The lowest BCUT2D eigenvalue weighted by atomic mass is 10.00. The summed E-state index contributed by atoms with van der Waals surface area (Å²) in [4.78, 5) is 31.4. The van der Waals surface area contributed by atoms with Crippen LogP contribution in [0.4, 0.5) is 0 Å². The third-order valence-electron chi connectivity index (χ3n) is 9.07. The van der Waals surface area contributed by atoms with Crippen LogP contribution in [0.15, 0.2) is 121 Å². The lowest BCUT2D eigenvalue weighted by Crippen LogP contribution is -2.11. The molecule has 278 valence electrons. The van der Waals surface area contributed by atoms with Gasteiger partial charge in [0.15, 0.2) is 0 Å². The number of nitrogens with two attached hydrogens (primary N) is 2. The third kappa shape index (κ3) is 9.61. The number of hydrogen-bond donors (Lipinski definition) is 4. The van der Waals surface area contributed by atoms with Crippen molar-refractivity contribution in [3.05, 3.63) is 154 Å². The molecule has 2 aliphatic carbocycles. The van der Waals surface area contributed by atoms with Gasteiger partial charge < -0.3 is 25.8 Å². The molecule has 0 aliphatic heterocycles. The van der Waals surface area contributed by atoms with Crippen molar-refractivity contribution < 1.29 is 39.4 Å². The van der Waals surface area contributed by atoms with Gasteiger partial charge in [-0.05, 0) is 105 Å². The van der Waals surface area contributed by atoms with Gasteiger partial charge in [-0.2, -0.15) is 0 Å². The molecule has 0 bridgehead atoms. The van der Waals surface area contributed by atoms with Gasteiger partial charge in [-0.25, -0.2) is 10.1 Å². The van der Waals surface area contributed by atoms with Crippen LogP contribution in [-0.4, -0.2) is 42.1 Å². The van der Waals surface area contributed by atoms with Crippen LogP contribution < -0.4 is 20.9 Å². The van der Waals surface area contributed by atoms with E-state index in [0.29, 0.717) is 24.5 Å². The van der Waals surface area contributed by atoms with Crippen LogP contribution in [0.1, 0.15) is 66.5 Å². The van der Waals surface area contributed by atoms with Crippen molar-refractivity contribution in [1.82, 2.24) is 0 Å². The number of allylic oxidation sites excluding steroid dienone is 4. The molecule has 2 amide bonds. The van der Waals surface area contributed by atoms with Crippen molar-refractivity contribution in [3.8, 4) is 11.5 Å². The first-order valence-electron chi connectivity index (χ1n) is 17.4.